The van der Waals surface area contributed by atoms with Crippen LogP contribution in [0.3, 0.4) is 0 Å². The van der Waals surface area contributed by atoms with E-state index in [1.807, 2.05) is 18.2 Å². The van der Waals surface area contributed by atoms with Crippen LogP contribution in [-0.2, 0) is 4.74 Å². The molecule has 1 atom stereocenters. The fourth-order valence-electron chi connectivity index (χ4n) is 4.01. The second-order valence-electron chi connectivity index (χ2n) is 7.82. The van der Waals surface area contributed by atoms with E-state index in [1.54, 1.807) is 12.1 Å². The molecule has 1 saturated heterocycles. The van der Waals surface area contributed by atoms with Crippen molar-refractivity contribution < 1.29 is 19.0 Å². The molecule has 0 amide bonds. The van der Waals surface area contributed by atoms with E-state index in [2.05, 4.69) is 25.3 Å². The van der Waals surface area contributed by atoms with Gasteiger partial charge in [0.1, 0.15) is 11.9 Å². The number of hydrogen-bond acceptors (Lipinski definition) is 8. The summed E-state index contributed by atoms with van der Waals surface area (Å²) in [6.07, 6.45) is 0.297. The number of methoxy groups -OCH3 is 1. The van der Waals surface area contributed by atoms with Crippen molar-refractivity contribution in [1.82, 2.24) is 20.4 Å². The van der Waals surface area contributed by atoms with Crippen LogP contribution < -0.4 is 9.64 Å². The molecule has 0 unspecified atom stereocenters. The number of aliphatic hydroxyl groups excluding tert-OH is 1. The summed E-state index contributed by atoms with van der Waals surface area (Å²) in [7, 11) is 1.47. The number of benzene rings is 2. The van der Waals surface area contributed by atoms with Gasteiger partial charge in [0.25, 0.3) is 0 Å². The molecule has 10 heteroatoms. The van der Waals surface area contributed by atoms with Gasteiger partial charge >= 0.3 is 0 Å². The Hall–Kier alpha value is -3.40. The zero-order valence-electron chi connectivity index (χ0n) is 18.3. The first-order valence-corrected chi connectivity index (χ1v) is 11.1. The van der Waals surface area contributed by atoms with Gasteiger partial charge in [-0.25, -0.2) is 4.39 Å². The van der Waals surface area contributed by atoms with Crippen LogP contribution in [-0.4, -0.2) is 58.9 Å². The standard InChI is InChI=1S/C24H21ClFN5O3/c1-33-23-5-4-21(29-30-23)24(32)17-11-16(20(26)12-19(17)25)18-13-27-28-22-10-14(2-3-15(18)22)31-6-8-34-9-7-31/h2-5,10-13,24,32H,6-9H2,1H3/t24-/m1/s1. The molecule has 8 nitrogen and oxygen atoms in total. The van der Waals surface area contributed by atoms with Crippen LogP contribution in [0.15, 0.2) is 48.7 Å². The van der Waals surface area contributed by atoms with Gasteiger partial charge in [-0.2, -0.15) is 10.2 Å². The average molecular weight is 482 g/mol. The zero-order valence-corrected chi connectivity index (χ0v) is 19.0. The summed E-state index contributed by atoms with van der Waals surface area (Å²) in [6, 6.07) is 11.7. The third-order valence-corrected chi connectivity index (χ3v) is 6.15. The van der Waals surface area contributed by atoms with Crippen molar-refractivity contribution in [3.05, 3.63) is 70.8 Å². The topological polar surface area (TPSA) is 93.5 Å². The number of fused-ring (bicyclic) bond motifs is 1. The molecule has 0 spiro atoms. The van der Waals surface area contributed by atoms with E-state index in [0.717, 1.165) is 24.2 Å². The molecule has 34 heavy (non-hydrogen) atoms. The average Bonchev–Trinajstić information content (AvgIpc) is 2.88. The number of aliphatic hydroxyl groups is 1. The Morgan fingerprint density at radius 1 is 1.06 bits per heavy atom. The molecular weight excluding hydrogens is 461 g/mol. The lowest BCUT2D eigenvalue weighted by molar-refractivity contribution is 0.122. The van der Waals surface area contributed by atoms with Gasteiger partial charge in [-0.15, -0.1) is 10.2 Å². The van der Waals surface area contributed by atoms with E-state index in [-0.39, 0.29) is 16.3 Å². The molecule has 3 heterocycles. The van der Waals surface area contributed by atoms with Crippen LogP contribution >= 0.6 is 11.6 Å². The predicted molar refractivity (Wildman–Crippen MR) is 126 cm³/mol. The number of aromatic nitrogens is 4. The van der Waals surface area contributed by atoms with Crippen LogP contribution in [0.5, 0.6) is 5.88 Å². The Bertz CT molecular complexity index is 1330. The van der Waals surface area contributed by atoms with Gasteiger partial charge < -0.3 is 19.5 Å². The summed E-state index contributed by atoms with van der Waals surface area (Å²) in [5.41, 5.74) is 2.99. The van der Waals surface area contributed by atoms with E-state index in [9.17, 15) is 5.11 Å². The number of nitrogens with zero attached hydrogens (tertiary/aromatic N) is 5. The van der Waals surface area contributed by atoms with Gasteiger partial charge in [-0.3, -0.25) is 0 Å². The molecule has 0 saturated carbocycles. The minimum Gasteiger partial charge on any atom is -0.480 e. The number of ether oxygens (including phenoxy) is 2. The number of hydrogen-bond donors (Lipinski definition) is 1. The Labute approximate surface area is 199 Å². The summed E-state index contributed by atoms with van der Waals surface area (Å²) in [6.45, 7) is 2.92. The molecule has 0 bridgehead atoms. The molecule has 1 aliphatic heterocycles. The van der Waals surface area contributed by atoms with Gasteiger partial charge in [0, 0.05) is 51.9 Å². The fourth-order valence-corrected chi connectivity index (χ4v) is 4.26. The van der Waals surface area contributed by atoms with Gasteiger partial charge in [0.15, 0.2) is 0 Å². The van der Waals surface area contributed by atoms with Crippen LogP contribution in [0.2, 0.25) is 5.02 Å². The Balaban J connectivity index is 1.55. The zero-order chi connectivity index (χ0) is 23.7. The fraction of sp³-hybridized carbons (Fsp3) is 0.250. The van der Waals surface area contributed by atoms with Crippen molar-refractivity contribution in [3.63, 3.8) is 0 Å². The van der Waals surface area contributed by atoms with Crippen molar-refractivity contribution in [1.29, 1.82) is 0 Å². The second-order valence-corrected chi connectivity index (χ2v) is 8.22. The van der Waals surface area contributed by atoms with E-state index in [4.69, 9.17) is 21.1 Å². The van der Waals surface area contributed by atoms with Crippen LogP contribution in [0.1, 0.15) is 17.4 Å². The van der Waals surface area contributed by atoms with Crippen molar-refractivity contribution in [3.8, 4) is 17.0 Å². The first kappa shape index (κ1) is 22.4. The highest BCUT2D eigenvalue weighted by molar-refractivity contribution is 6.31. The molecule has 2 aromatic carbocycles. The Morgan fingerprint density at radius 3 is 2.62 bits per heavy atom. The molecule has 1 aliphatic rings. The minimum atomic E-state index is -1.21. The summed E-state index contributed by atoms with van der Waals surface area (Å²) in [5.74, 6) is -0.221. The summed E-state index contributed by atoms with van der Waals surface area (Å²) in [4.78, 5) is 2.21. The third-order valence-electron chi connectivity index (χ3n) is 5.82. The quantitative estimate of drug-likeness (QED) is 0.460. The first-order valence-electron chi connectivity index (χ1n) is 10.7. The van der Waals surface area contributed by atoms with Gasteiger partial charge in [-0.1, -0.05) is 11.6 Å². The van der Waals surface area contributed by atoms with E-state index in [0.29, 0.717) is 35.7 Å². The molecular formula is C24H21ClFN5O3. The maximum Gasteiger partial charge on any atom is 0.233 e. The first-order chi connectivity index (χ1) is 16.5. The van der Waals surface area contributed by atoms with Gasteiger partial charge in [0.2, 0.25) is 5.88 Å². The lowest BCUT2D eigenvalue weighted by Crippen LogP contribution is -2.36. The molecule has 5 rings (SSSR count). The number of anilines is 1. The van der Waals surface area contributed by atoms with Crippen molar-refractivity contribution >= 4 is 28.2 Å². The predicted octanol–water partition coefficient (Wildman–Crippen LogP) is 3.81. The second kappa shape index (κ2) is 9.46. The molecule has 1 fully saturated rings. The highest BCUT2D eigenvalue weighted by Gasteiger charge is 2.21. The smallest absolute Gasteiger partial charge is 0.233 e. The van der Waals surface area contributed by atoms with Crippen LogP contribution in [0.4, 0.5) is 10.1 Å². The maximum atomic E-state index is 15.1. The maximum absolute atomic E-state index is 15.1. The minimum absolute atomic E-state index is 0.0762. The SMILES string of the molecule is COc1ccc([C@H](O)c2cc(-c3cnnc4cc(N5CCOCC5)ccc34)c(F)cc2Cl)nn1. The number of rotatable bonds is 5. The van der Waals surface area contributed by atoms with Gasteiger partial charge in [-0.05, 0) is 36.4 Å². The normalized spacial score (nSPS) is 14.9. The summed E-state index contributed by atoms with van der Waals surface area (Å²) >= 11 is 6.30. The molecule has 0 radical (unpaired) electrons. The van der Waals surface area contributed by atoms with Gasteiger partial charge in [0.05, 0.1) is 37.7 Å². The van der Waals surface area contributed by atoms with Crippen molar-refractivity contribution in [2.45, 2.75) is 6.10 Å². The molecule has 0 aliphatic carbocycles. The monoisotopic (exact) mass is 481 g/mol. The molecule has 1 N–H and O–H groups in total. The summed E-state index contributed by atoms with van der Waals surface area (Å²) in [5, 5.41) is 27.9. The van der Waals surface area contributed by atoms with Crippen LogP contribution in [0, 0.1) is 5.82 Å². The largest absolute Gasteiger partial charge is 0.480 e. The van der Waals surface area contributed by atoms with Crippen molar-refractivity contribution in [2.24, 2.45) is 0 Å². The Kier molecular flexibility index (Phi) is 6.23. The lowest BCUT2D eigenvalue weighted by atomic mass is 9.97. The number of halogens is 2. The Morgan fingerprint density at radius 2 is 1.88 bits per heavy atom. The number of morpholine rings is 1. The molecule has 174 valence electrons. The highest BCUT2D eigenvalue weighted by Crippen LogP contribution is 2.36. The summed E-state index contributed by atoms with van der Waals surface area (Å²) < 4.78 is 25.5. The highest BCUT2D eigenvalue weighted by atomic mass is 35.5. The van der Waals surface area contributed by atoms with Crippen LogP contribution in [0.25, 0.3) is 22.0 Å². The third kappa shape index (κ3) is 4.25. The van der Waals surface area contributed by atoms with E-state index in [1.165, 1.54) is 25.4 Å². The van der Waals surface area contributed by atoms with E-state index >= 15 is 4.39 Å². The van der Waals surface area contributed by atoms with Crippen molar-refractivity contribution in [2.75, 3.05) is 38.3 Å². The molecule has 4 aromatic rings. The van der Waals surface area contributed by atoms with E-state index < -0.39 is 11.9 Å². The molecule has 2 aromatic heterocycles. The lowest BCUT2D eigenvalue weighted by Gasteiger charge is -2.29.